The molecule has 178 valence electrons. The molecule has 0 bridgehead atoms. The zero-order valence-electron chi connectivity index (χ0n) is 18.8. The Hall–Kier alpha value is -2.38. The van der Waals surface area contributed by atoms with Crippen LogP contribution in [0.3, 0.4) is 0 Å². The van der Waals surface area contributed by atoms with E-state index in [9.17, 15) is 23.1 Å². The van der Waals surface area contributed by atoms with E-state index in [0.29, 0.717) is 12.1 Å². The highest BCUT2D eigenvalue weighted by atomic mass is 19.4. The third-order valence-electron chi connectivity index (χ3n) is 7.50. The molecular formula is C26H31F3N2O2. The van der Waals surface area contributed by atoms with Crippen molar-refractivity contribution < 1.29 is 23.1 Å². The van der Waals surface area contributed by atoms with Crippen LogP contribution in [-0.4, -0.2) is 40.7 Å². The lowest BCUT2D eigenvalue weighted by Crippen LogP contribution is -2.48. The number of halogens is 3. The molecule has 2 aromatic rings. The van der Waals surface area contributed by atoms with Gasteiger partial charge in [0.05, 0.1) is 0 Å². The third-order valence-corrected chi connectivity index (χ3v) is 7.50. The maximum Gasteiger partial charge on any atom is 0.421 e. The van der Waals surface area contributed by atoms with Crippen molar-refractivity contribution in [2.24, 2.45) is 5.73 Å². The second-order valence-corrected chi connectivity index (χ2v) is 9.67. The van der Waals surface area contributed by atoms with E-state index in [-0.39, 0.29) is 29.0 Å². The number of benzene rings is 2. The van der Waals surface area contributed by atoms with Crippen LogP contribution in [0.1, 0.15) is 66.9 Å². The summed E-state index contributed by atoms with van der Waals surface area (Å²) in [5.41, 5.74) is 4.48. The molecule has 1 atom stereocenters. The average Bonchev–Trinajstić information content (AvgIpc) is 3.65. The lowest BCUT2D eigenvalue weighted by Gasteiger charge is -2.44. The fraction of sp³-hybridized carbons (Fsp3) is 0.500. The van der Waals surface area contributed by atoms with E-state index >= 15 is 0 Å². The zero-order chi connectivity index (χ0) is 23.9. The Bertz CT molecular complexity index is 961. The van der Waals surface area contributed by atoms with Crippen LogP contribution in [0.4, 0.5) is 13.2 Å². The molecule has 2 fully saturated rings. The molecule has 2 aliphatic carbocycles. The van der Waals surface area contributed by atoms with Crippen molar-refractivity contribution in [2.75, 3.05) is 6.54 Å². The quantitative estimate of drug-likeness (QED) is 0.644. The molecule has 7 heteroatoms. The molecule has 0 saturated heterocycles. The number of nitrogens with zero attached hydrogens (tertiary/aromatic N) is 1. The number of aliphatic hydroxyl groups is 1. The van der Waals surface area contributed by atoms with E-state index in [1.807, 2.05) is 23.1 Å². The Balaban J connectivity index is 1.50. The summed E-state index contributed by atoms with van der Waals surface area (Å²) in [6, 6.07) is 15.7. The summed E-state index contributed by atoms with van der Waals surface area (Å²) in [7, 11) is 0. The highest BCUT2D eigenvalue weighted by Gasteiger charge is 2.51. The van der Waals surface area contributed by atoms with Gasteiger partial charge in [0.25, 0.3) is 5.91 Å². The Morgan fingerprint density at radius 2 is 1.55 bits per heavy atom. The Kier molecular flexibility index (Phi) is 6.31. The highest BCUT2D eigenvalue weighted by Crippen LogP contribution is 2.43. The maximum absolute atomic E-state index is 13.4. The molecule has 0 heterocycles. The number of carbonyl (C=O) groups excluding carboxylic acids is 1. The first kappa shape index (κ1) is 23.8. The van der Waals surface area contributed by atoms with Crippen molar-refractivity contribution in [3.63, 3.8) is 0 Å². The number of nitrogens with two attached hydrogens (primary N) is 1. The Labute approximate surface area is 192 Å². The minimum absolute atomic E-state index is 0.0825. The van der Waals surface area contributed by atoms with Gasteiger partial charge in [-0.3, -0.25) is 4.79 Å². The molecular weight excluding hydrogens is 429 g/mol. The highest BCUT2D eigenvalue weighted by molar-refractivity contribution is 5.95. The van der Waals surface area contributed by atoms with Crippen LogP contribution in [0, 0.1) is 0 Å². The van der Waals surface area contributed by atoms with E-state index in [2.05, 4.69) is 12.1 Å². The van der Waals surface area contributed by atoms with Crippen LogP contribution in [0.5, 0.6) is 0 Å². The topological polar surface area (TPSA) is 66.6 Å². The van der Waals surface area contributed by atoms with E-state index in [1.165, 1.54) is 29.8 Å². The molecule has 2 aliphatic rings. The summed E-state index contributed by atoms with van der Waals surface area (Å²) in [6.45, 7) is 1.28. The summed E-state index contributed by atoms with van der Waals surface area (Å²) in [4.78, 5) is 15.3. The number of amides is 1. The summed E-state index contributed by atoms with van der Waals surface area (Å²) >= 11 is 0. The average molecular weight is 461 g/mol. The first-order chi connectivity index (χ1) is 15.6. The van der Waals surface area contributed by atoms with Crippen LogP contribution in [0.25, 0.3) is 0 Å². The molecule has 4 nitrogen and oxygen atoms in total. The second-order valence-electron chi connectivity index (χ2n) is 9.67. The fourth-order valence-electron chi connectivity index (χ4n) is 5.07. The molecule has 1 unspecified atom stereocenters. The van der Waals surface area contributed by atoms with Gasteiger partial charge >= 0.3 is 6.18 Å². The molecule has 0 radical (unpaired) electrons. The minimum atomic E-state index is -4.80. The number of carbonyl (C=O) groups is 1. The predicted octanol–water partition coefficient (Wildman–Crippen LogP) is 4.90. The minimum Gasteiger partial charge on any atom is -0.376 e. The first-order valence-corrected chi connectivity index (χ1v) is 11.6. The van der Waals surface area contributed by atoms with Crippen molar-refractivity contribution in [1.82, 2.24) is 4.90 Å². The van der Waals surface area contributed by atoms with E-state index < -0.39 is 11.8 Å². The predicted molar refractivity (Wildman–Crippen MR) is 121 cm³/mol. The van der Waals surface area contributed by atoms with Crippen molar-refractivity contribution >= 4 is 5.91 Å². The summed E-state index contributed by atoms with van der Waals surface area (Å²) in [6.07, 6.45) is 0.567. The van der Waals surface area contributed by atoms with E-state index in [0.717, 1.165) is 45.4 Å². The number of hydrogen-bond donors (Lipinski definition) is 2. The standard InChI is InChI=1S/C26H31F3N2O2/c1-24(33,26(27,28)29)19-9-7-18(8-10-19)23(32)31(21-11-12-21)22-13-15-25(17-30,16-14-22)20-5-3-2-4-6-20/h2-10,21-22,33H,11-17,30H2,1H3. The summed E-state index contributed by atoms with van der Waals surface area (Å²) in [5, 5.41) is 9.90. The first-order valence-electron chi connectivity index (χ1n) is 11.6. The van der Waals surface area contributed by atoms with E-state index in [4.69, 9.17) is 5.73 Å². The molecule has 33 heavy (non-hydrogen) atoms. The molecule has 4 rings (SSSR count). The smallest absolute Gasteiger partial charge is 0.376 e. The van der Waals surface area contributed by atoms with Gasteiger partial charge in [-0.2, -0.15) is 13.2 Å². The molecule has 1 amide bonds. The van der Waals surface area contributed by atoms with Crippen molar-refractivity contribution in [1.29, 1.82) is 0 Å². The van der Waals surface area contributed by atoms with Gasteiger partial charge in [0, 0.05) is 29.6 Å². The van der Waals surface area contributed by atoms with Gasteiger partial charge in [0.2, 0.25) is 0 Å². The molecule has 3 N–H and O–H groups in total. The lowest BCUT2D eigenvalue weighted by atomic mass is 9.68. The molecule has 0 aliphatic heterocycles. The van der Waals surface area contributed by atoms with Gasteiger partial charge in [0.15, 0.2) is 5.60 Å². The van der Waals surface area contributed by atoms with Gasteiger partial charge in [-0.1, -0.05) is 42.5 Å². The Morgan fingerprint density at radius 3 is 2.03 bits per heavy atom. The Morgan fingerprint density at radius 1 is 1.00 bits per heavy atom. The van der Waals surface area contributed by atoms with Crippen LogP contribution in [-0.2, 0) is 11.0 Å². The lowest BCUT2D eigenvalue weighted by molar-refractivity contribution is -0.258. The number of alkyl halides is 3. The molecule has 0 spiro atoms. The number of hydrogen-bond acceptors (Lipinski definition) is 3. The van der Waals surface area contributed by atoms with Crippen LogP contribution in [0.2, 0.25) is 0 Å². The van der Waals surface area contributed by atoms with Crippen LogP contribution < -0.4 is 5.73 Å². The molecule has 0 aromatic heterocycles. The summed E-state index contributed by atoms with van der Waals surface area (Å²) in [5.74, 6) is -0.152. The van der Waals surface area contributed by atoms with Gasteiger partial charge < -0.3 is 15.7 Å². The summed E-state index contributed by atoms with van der Waals surface area (Å²) < 4.78 is 39.4. The van der Waals surface area contributed by atoms with Gasteiger partial charge in [-0.15, -0.1) is 0 Å². The van der Waals surface area contributed by atoms with Crippen molar-refractivity contribution in [3.05, 3.63) is 71.3 Å². The van der Waals surface area contributed by atoms with E-state index in [1.54, 1.807) is 0 Å². The van der Waals surface area contributed by atoms with Crippen LogP contribution in [0.15, 0.2) is 54.6 Å². The zero-order valence-corrected chi connectivity index (χ0v) is 18.8. The largest absolute Gasteiger partial charge is 0.421 e. The molecule has 2 aromatic carbocycles. The SMILES string of the molecule is CC(O)(c1ccc(C(=O)N(C2CC2)C2CCC(CN)(c3ccccc3)CC2)cc1)C(F)(F)F. The monoisotopic (exact) mass is 460 g/mol. The molecule has 2 saturated carbocycles. The van der Waals surface area contributed by atoms with Crippen LogP contribution >= 0.6 is 0 Å². The number of rotatable bonds is 6. The van der Waals surface area contributed by atoms with Crippen molar-refractivity contribution in [3.8, 4) is 0 Å². The maximum atomic E-state index is 13.4. The second kappa shape index (κ2) is 8.76. The normalized spacial score (nSPS) is 25.3. The van der Waals surface area contributed by atoms with Gasteiger partial charge in [0.1, 0.15) is 0 Å². The van der Waals surface area contributed by atoms with Gasteiger partial charge in [-0.25, -0.2) is 0 Å². The third kappa shape index (κ3) is 4.53. The van der Waals surface area contributed by atoms with Gasteiger partial charge in [-0.05, 0) is 68.7 Å². The fourth-order valence-corrected chi connectivity index (χ4v) is 5.07. The van der Waals surface area contributed by atoms with Crippen molar-refractivity contribution in [2.45, 2.75) is 74.7 Å².